The lowest BCUT2D eigenvalue weighted by Crippen LogP contribution is -2.36. The third-order valence-corrected chi connectivity index (χ3v) is 4.04. The average molecular weight is 275 g/mol. The fourth-order valence-corrected chi connectivity index (χ4v) is 2.96. The summed E-state index contributed by atoms with van der Waals surface area (Å²) >= 11 is 0. The molecule has 2 rings (SSSR count). The summed E-state index contributed by atoms with van der Waals surface area (Å²) in [6, 6.07) is 10.9. The standard InChI is InChI=1S/C16H25N3O/c1-14(20)18-10-5-11-19(13-12-18)16(8-9-17)15-6-3-2-4-7-15/h2-4,6-7,16H,5,8-13,17H2,1H3. The summed E-state index contributed by atoms with van der Waals surface area (Å²) in [6.07, 6.45) is 2.00. The van der Waals surface area contributed by atoms with E-state index in [1.807, 2.05) is 11.0 Å². The molecular weight excluding hydrogens is 250 g/mol. The summed E-state index contributed by atoms with van der Waals surface area (Å²) in [5, 5.41) is 0. The van der Waals surface area contributed by atoms with Crippen LogP contribution in [0.25, 0.3) is 0 Å². The highest BCUT2D eigenvalue weighted by Crippen LogP contribution is 2.25. The molecule has 1 aromatic carbocycles. The lowest BCUT2D eigenvalue weighted by molar-refractivity contribution is -0.128. The fourth-order valence-electron chi connectivity index (χ4n) is 2.96. The Hall–Kier alpha value is -1.39. The van der Waals surface area contributed by atoms with Gasteiger partial charge in [-0.3, -0.25) is 9.69 Å². The highest BCUT2D eigenvalue weighted by Gasteiger charge is 2.23. The maximum Gasteiger partial charge on any atom is 0.219 e. The summed E-state index contributed by atoms with van der Waals surface area (Å²) in [7, 11) is 0. The van der Waals surface area contributed by atoms with Crippen LogP contribution in [0.3, 0.4) is 0 Å². The van der Waals surface area contributed by atoms with Crippen LogP contribution in [0.4, 0.5) is 0 Å². The van der Waals surface area contributed by atoms with Crippen molar-refractivity contribution in [2.24, 2.45) is 5.73 Å². The van der Waals surface area contributed by atoms with Crippen LogP contribution in [0.1, 0.15) is 31.4 Å². The Balaban J connectivity index is 2.08. The summed E-state index contributed by atoms with van der Waals surface area (Å²) in [6.45, 7) is 6.00. The average Bonchev–Trinajstić information content (AvgIpc) is 2.71. The molecule has 2 N–H and O–H groups in total. The van der Waals surface area contributed by atoms with E-state index in [0.717, 1.165) is 39.0 Å². The number of hydrogen-bond donors (Lipinski definition) is 1. The van der Waals surface area contributed by atoms with Gasteiger partial charge in [0.15, 0.2) is 0 Å². The molecular formula is C16H25N3O. The molecule has 110 valence electrons. The van der Waals surface area contributed by atoms with E-state index < -0.39 is 0 Å². The van der Waals surface area contributed by atoms with Crippen LogP contribution in [-0.2, 0) is 4.79 Å². The molecule has 4 nitrogen and oxygen atoms in total. The molecule has 1 saturated heterocycles. The number of amides is 1. The monoisotopic (exact) mass is 275 g/mol. The van der Waals surface area contributed by atoms with E-state index >= 15 is 0 Å². The first-order valence-corrected chi connectivity index (χ1v) is 7.47. The quantitative estimate of drug-likeness (QED) is 0.908. The maximum absolute atomic E-state index is 11.5. The van der Waals surface area contributed by atoms with Crippen LogP contribution in [0.5, 0.6) is 0 Å². The normalized spacial score (nSPS) is 18.6. The summed E-state index contributed by atoms with van der Waals surface area (Å²) < 4.78 is 0. The van der Waals surface area contributed by atoms with Gasteiger partial charge in [-0.2, -0.15) is 0 Å². The Morgan fingerprint density at radius 1 is 1.20 bits per heavy atom. The summed E-state index contributed by atoms with van der Waals surface area (Å²) in [5.74, 6) is 0.182. The van der Waals surface area contributed by atoms with E-state index in [9.17, 15) is 4.79 Å². The van der Waals surface area contributed by atoms with Crippen molar-refractivity contribution >= 4 is 5.91 Å². The number of hydrogen-bond acceptors (Lipinski definition) is 3. The molecule has 0 bridgehead atoms. The molecule has 1 aromatic rings. The zero-order chi connectivity index (χ0) is 14.4. The zero-order valence-corrected chi connectivity index (χ0v) is 12.3. The lowest BCUT2D eigenvalue weighted by Gasteiger charge is -2.31. The first kappa shape index (κ1) is 15.0. The highest BCUT2D eigenvalue weighted by molar-refractivity contribution is 5.73. The van der Waals surface area contributed by atoms with Crippen molar-refractivity contribution in [2.75, 3.05) is 32.7 Å². The highest BCUT2D eigenvalue weighted by atomic mass is 16.2. The minimum Gasteiger partial charge on any atom is -0.342 e. The molecule has 0 aliphatic carbocycles. The SMILES string of the molecule is CC(=O)N1CCCN(C(CCN)c2ccccc2)CC1. The van der Waals surface area contributed by atoms with Crippen LogP contribution in [0.15, 0.2) is 30.3 Å². The number of carbonyl (C=O) groups excluding carboxylic acids is 1. The van der Waals surface area contributed by atoms with Crippen LogP contribution < -0.4 is 5.73 Å². The molecule has 1 heterocycles. The molecule has 1 amide bonds. The van der Waals surface area contributed by atoms with Gasteiger partial charge in [-0.05, 0) is 24.9 Å². The van der Waals surface area contributed by atoms with Gasteiger partial charge in [0.05, 0.1) is 0 Å². The number of nitrogens with two attached hydrogens (primary N) is 1. The second kappa shape index (κ2) is 7.41. The maximum atomic E-state index is 11.5. The van der Waals surface area contributed by atoms with Crippen molar-refractivity contribution in [1.82, 2.24) is 9.80 Å². The predicted octanol–water partition coefficient (Wildman–Crippen LogP) is 1.63. The van der Waals surface area contributed by atoms with E-state index in [4.69, 9.17) is 5.73 Å². The molecule has 1 fully saturated rings. The number of carbonyl (C=O) groups is 1. The molecule has 4 heteroatoms. The van der Waals surface area contributed by atoms with E-state index in [2.05, 4.69) is 29.2 Å². The fraction of sp³-hybridized carbons (Fsp3) is 0.562. The van der Waals surface area contributed by atoms with Crippen LogP contribution in [0.2, 0.25) is 0 Å². The van der Waals surface area contributed by atoms with E-state index in [-0.39, 0.29) is 5.91 Å². The minimum atomic E-state index is 0.182. The first-order chi connectivity index (χ1) is 9.72. The van der Waals surface area contributed by atoms with Crippen molar-refractivity contribution in [3.8, 4) is 0 Å². The molecule has 0 spiro atoms. The second-order valence-electron chi connectivity index (χ2n) is 5.40. The topological polar surface area (TPSA) is 49.6 Å². The van der Waals surface area contributed by atoms with Gasteiger partial charge >= 0.3 is 0 Å². The van der Waals surface area contributed by atoms with Gasteiger partial charge in [-0.25, -0.2) is 0 Å². The second-order valence-corrected chi connectivity index (χ2v) is 5.40. The van der Waals surface area contributed by atoms with Crippen molar-refractivity contribution in [2.45, 2.75) is 25.8 Å². The Morgan fingerprint density at radius 2 is 1.95 bits per heavy atom. The smallest absolute Gasteiger partial charge is 0.219 e. The van der Waals surface area contributed by atoms with Gasteiger partial charge in [0.25, 0.3) is 0 Å². The van der Waals surface area contributed by atoms with Crippen molar-refractivity contribution in [3.05, 3.63) is 35.9 Å². The number of rotatable bonds is 4. The molecule has 0 aromatic heterocycles. The third kappa shape index (κ3) is 3.81. The Bertz CT molecular complexity index is 421. The number of benzene rings is 1. The van der Waals surface area contributed by atoms with Gasteiger partial charge in [-0.1, -0.05) is 30.3 Å². The zero-order valence-electron chi connectivity index (χ0n) is 12.3. The Labute approximate surface area is 121 Å². The molecule has 20 heavy (non-hydrogen) atoms. The molecule has 0 radical (unpaired) electrons. The lowest BCUT2D eigenvalue weighted by atomic mass is 10.0. The minimum absolute atomic E-state index is 0.182. The van der Waals surface area contributed by atoms with Gasteiger partial charge in [0.1, 0.15) is 0 Å². The van der Waals surface area contributed by atoms with Gasteiger partial charge in [0.2, 0.25) is 5.91 Å². The molecule has 1 aliphatic rings. The molecule has 0 saturated carbocycles. The third-order valence-electron chi connectivity index (χ3n) is 4.04. The predicted molar refractivity (Wildman–Crippen MR) is 81.3 cm³/mol. The van der Waals surface area contributed by atoms with Crippen molar-refractivity contribution in [1.29, 1.82) is 0 Å². The van der Waals surface area contributed by atoms with Crippen molar-refractivity contribution < 1.29 is 4.79 Å². The summed E-state index contributed by atoms with van der Waals surface area (Å²) in [5.41, 5.74) is 7.12. The summed E-state index contributed by atoms with van der Waals surface area (Å²) in [4.78, 5) is 15.9. The van der Waals surface area contributed by atoms with Gasteiger partial charge < -0.3 is 10.6 Å². The van der Waals surface area contributed by atoms with Crippen LogP contribution in [-0.4, -0.2) is 48.4 Å². The molecule has 1 unspecified atom stereocenters. The molecule has 1 atom stereocenters. The van der Waals surface area contributed by atoms with Gasteiger partial charge in [-0.15, -0.1) is 0 Å². The van der Waals surface area contributed by atoms with E-state index in [1.54, 1.807) is 6.92 Å². The largest absolute Gasteiger partial charge is 0.342 e. The first-order valence-electron chi connectivity index (χ1n) is 7.47. The molecule has 1 aliphatic heterocycles. The van der Waals surface area contributed by atoms with Crippen LogP contribution in [0, 0.1) is 0 Å². The van der Waals surface area contributed by atoms with Gasteiger partial charge in [0, 0.05) is 39.1 Å². The Kier molecular flexibility index (Phi) is 5.56. The Morgan fingerprint density at radius 3 is 2.60 bits per heavy atom. The number of nitrogens with zero attached hydrogens (tertiary/aromatic N) is 2. The van der Waals surface area contributed by atoms with E-state index in [0.29, 0.717) is 12.6 Å². The van der Waals surface area contributed by atoms with Crippen molar-refractivity contribution in [3.63, 3.8) is 0 Å². The van der Waals surface area contributed by atoms with Crippen LogP contribution >= 0.6 is 0 Å². The van der Waals surface area contributed by atoms with E-state index in [1.165, 1.54) is 5.56 Å².